The molecule has 2 aliphatic rings. The fraction of sp³-hybridized carbons (Fsp3) is 0.343. The smallest absolute Gasteiger partial charge is 0.330 e. The van der Waals surface area contributed by atoms with Gasteiger partial charge in [0, 0.05) is 61.8 Å². The first kappa shape index (κ1) is 32.2. The molecule has 12 heteroatoms. The summed E-state index contributed by atoms with van der Waals surface area (Å²) in [6.07, 6.45) is 5.01. The molecule has 4 aromatic rings. The van der Waals surface area contributed by atoms with Crippen LogP contribution in [0.3, 0.4) is 0 Å². The van der Waals surface area contributed by atoms with E-state index in [1.54, 1.807) is 19.2 Å². The number of fused-ring (bicyclic) bond motifs is 1. The summed E-state index contributed by atoms with van der Waals surface area (Å²) >= 11 is 7.10. The van der Waals surface area contributed by atoms with Crippen molar-refractivity contribution in [3.63, 3.8) is 0 Å². The summed E-state index contributed by atoms with van der Waals surface area (Å²) in [5.41, 5.74) is 4.94. The van der Waals surface area contributed by atoms with E-state index in [1.165, 1.54) is 24.9 Å². The third kappa shape index (κ3) is 6.08. The number of hydrogen-bond donors (Lipinski definition) is 2. The van der Waals surface area contributed by atoms with Crippen LogP contribution in [0.1, 0.15) is 52.4 Å². The molecule has 0 radical (unpaired) electrons. The lowest BCUT2D eigenvalue weighted by Crippen LogP contribution is -2.40. The van der Waals surface area contributed by atoms with E-state index in [1.807, 2.05) is 42.2 Å². The van der Waals surface area contributed by atoms with Gasteiger partial charge in [-0.2, -0.15) is 0 Å². The minimum absolute atomic E-state index is 0.0311. The fourth-order valence-corrected chi connectivity index (χ4v) is 6.87. The van der Waals surface area contributed by atoms with Crippen LogP contribution in [-0.4, -0.2) is 57.6 Å². The normalized spacial score (nSPS) is 15.5. The van der Waals surface area contributed by atoms with Crippen molar-refractivity contribution >= 4 is 29.1 Å². The molecule has 1 fully saturated rings. The molecule has 47 heavy (non-hydrogen) atoms. The predicted molar refractivity (Wildman–Crippen MR) is 181 cm³/mol. The summed E-state index contributed by atoms with van der Waals surface area (Å²) in [6, 6.07) is 13.2. The van der Waals surface area contributed by atoms with Crippen molar-refractivity contribution in [1.82, 2.24) is 24.3 Å². The highest BCUT2D eigenvalue weighted by Gasteiger charge is 2.30. The number of aryl methyl sites for hydroxylation is 2. The number of hydrogen-bond acceptors (Lipinski definition) is 7. The minimum Gasteiger partial charge on any atom is -0.481 e. The summed E-state index contributed by atoms with van der Waals surface area (Å²) in [4.78, 5) is 57.3. The van der Waals surface area contributed by atoms with Gasteiger partial charge in [0.1, 0.15) is 5.56 Å². The molecule has 1 atom stereocenters. The minimum atomic E-state index is -0.676. The van der Waals surface area contributed by atoms with E-state index in [-0.39, 0.29) is 24.1 Å². The molecule has 2 aromatic heterocycles. The summed E-state index contributed by atoms with van der Waals surface area (Å²) in [5.74, 6) is 0.00950. The van der Waals surface area contributed by atoms with E-state index in [4.69, 9.17) is 21.3 Å². The lowest BCUT2D eigenvalue weighted by molar-refractivity contribution is -0.129. The first-order chi connectivity index (χ1) is 22.6. The Bertz CT molecular complexity index is 2010. The number of nitrogens with one attached hydrogen (secondary N) is 2. The second-order valence-corrected chi connectivity index (χ2v) is 12.4. The number of carbonyl (C=O) groups is 2. The second-order valence-electron chi connectivity index (χ2n) is 12.0. The molecule has 3 heterocycles. The summed E-state index contributed by atoms with van der Waals surface area (Å²) in [7, 11) is 4.42. The highest BCUT2D eigenvalue weighted by molar-refractivity contribution is 6.36. The van der Waals surface area contributed by atoms with Crippen LogP contribution < -0.4 is 26.6 Å². The van der Waals surface area contributed by atoms with Crippen molar-refractivity contribution in [2.45, 2.75) is 38.6 Å². The van der Waals surface area contributed by atoms with Crippen LogP contribution in [0.2, 0.25) is 5.02 Å². The van der Waals surface area contributed by atoms with E-state index in [9.17, 15) is 19.2 Å². The molecule has 0 bridgehead atoms. The molecule has 244 valence electrons. The Kier molecular flexibility index (Phi) is 9.03. The first-order valence-electron chi connectivity index (χ1n) is 15.6. The number of anilines is 1. The summed E-state index contributed by atoms with van der Waals surface area (Å²) in [6.45, 7) is 3.80. The monoisotopic (exact) mass is 656 g/mol. The van der Waals surface area contributed by atoms with Crippen molar-refractivity contribution in [3.05, 3.63) is 96.8 Å². The number of carbonyl (C=O) groups excluding carboxylic acids is 2. The van der Waals surface area contributed by atoms with Gasteiger partial charge in [-0.05, 0) is 61.4 Å². The Morgan fingerprint density at radius 1 is 1.04 bits per heavy atom. The molecule has 2 amide bonds. The molecule has 2 N–H and O–H groups in total. The van der Waals surface area contributed by atoms with E-state index >= 15 is 0 Å². The SMILES string of the molecule is COc1nc(-c2cccc(-c3cccc(NC(=O)c4cn(C)c(=O)n(C)c4=O)c3C)c2Cl)cc2c1C(NCC(=O)N1CCCC1)CC2. The maximum atomic E-state index is 13.2. The van der Waals surface area contributed by atoms with Crippen LogP contribution in [-0.2, 0) is 25.3 Å². The quantitative estimate of drug-likeness (QED) is 0.291. The summed E-state index contributed by atoms with van der Waals surface area (Å²) < 4.78 is 7.87. The third-order valence-corrected chi connectivity index (χ3v) is 9.56. The number of nitrogens with zero attached hydrogens (tertiary/aromatic N) is 4. The molecule has 0 saturated carbocycles. The van der Waals surface area contributed by atoms with Gasteiger partial charge in [0.15, 0.2) is 0 Å². The molecule has 11 nitrogen and oxygen atoms in total. The summed E-state index contributed by atoms with van der Waals surface area (Å²) in [5, 5.41) is 6.75. The number of benzene rings is 2. The number of likely N-dealkylation sites (tertiary alicyclic amines) is 1. The van der Waals surface area contributed by atoms with Gasteiger partial charge in [-0.15, -0.1) is 0 Å². The molecule has 6 rings (SSSR count). The first-order valence-corrected chi connectivity index (χ1v) is 16.0. The molecule has 1 saturated heterocycles. The third-order valence-electron chi connectivity index (χ3n) is 9.15. The van der Waals surface area contributed by atoms with Gasteiger partial charge in [0.25, 0.3) is 11.5 Å². The number of pyridine rings is 1. The average Bonchev–Trinajstić information content (AvgIpc) is 3.76. The van der Waals surface area contributed by atoms with Crippen molar-refractivity contribution in [2.24, 2.45) is 14.1 Å². The number of ether oxygens (including phenoxy) is 1. The van der Waals surface area contributed by atoms with Gasteiger partial charge in [-0.1, -0.05) is 41.9 Å². The second kappa shape index (κ2) is 13.2. The Balaban J connectivity index is 1.28. The molecule has 0 spiro atoms. The molecular formula is C35H37ClN6O5. The molecule has 2 aromatic carbocycles. The highest BCUT2D eigenvalue weighted by atomic mass is 35.5. The van der Waals surface area contributed by atoms with Crippen molar-refractivity contribution in [1.29, 1.82) is 0 Å². The Morgan fingerprint density at radius 2 is 1.74 bits per heavy atom. The van der Waals surface area contributed by atoms with Crippen molar-refractivity contribution in [2.75, 3.05) is 32.1 Å². The van der Waals surface area contributed by atoms with Gasteiger partial charge < -0.3 is 24.8 Å². The number of halogens is 1. The Labute approximate surface area is 277 Å². The van der Waals surface area contributed by atoms with Gasteiger partial charge in [-0.25, -0.2) is 9.78 Å². The van der Waals surface area contributed by atoms with E-state index in [2.05, 4.69) is 10.6 Å². The lowest BCUT2D eigenvalue weighted by atomic mass is 9.96. The molecular weight excluding hydrogens is 620 g/mol. The van der Waals surface area contributed by atoms with E-state index in [0.29, 0.717) is 22.3 Å². The zero-order chi connectivity index (χ0) is 33.4. The van der Waals surface area contributed by atoms with Crippen molar-refractivity contribution in [3.8, 4) is 28.3 Å². The van der Waals surface area contributed by atoms with Gasteiger partial charge in [0.05, 0.1) is 24.4 Å². The van der Waals surface area contributed by atoms with E-state index in [0.717, 1.165) is 76.7 Å². The number of aromatic nitrogens is 3. The molecule has 1 unspecified atom stereocenters. The Morgan fingerprint density at radius 3 is 2.49 bits per heavy atom. The van der Waals surface area contributed by atoms with Crippen LogP contribution >= 0.6 is 11.6 Å². The molecule has 1 aliphatic heterocycles. The number of amides is 2. The highest BCUT2D eigenvalue weighted by Crippen LogP contribution is 2.43. The van der Waals surface area contributed by atoms with Crippen LogP contribution in [0.15, 0.2) is 58.3 Å². The predicted octanol–water partition coefficient (Wildman–Crippen LogP) is 4.24. The molecule has 1 aliphatic carbocycles. The maximum Gasteiger partial charge on any atom is 0.330 e. The topological polar surface area (TPSA) is 128 Å². The van der Waals surface area contributed by atoms with Gasteiger partial charge >= 0.3 is 5.69 Å². The van der Waals surface area contributed by atoms with Gasteiger partial charge in [-0.3, -0.25) is 19.0 Å². The number of rotatable bonds is 8. The number of methoxy groups -OCH3 is 1. The largest absolute Gasteiger partial charge is 0.481 e. The standard InChI is InChI=1S/C35H37ClN6O5/c1-20-22(9-8-12-26(20)38-32(44)25-19-40(2)35(46)41(3)34(25)45)23-10-7-11-24(31(23)36)28-17-21-13-14-27(30(21)33(39-28)47-4)37-18-29(43)42-15-5-6-16-42/h7-12,17,19,27,37H,5-6,13-16,18H2,1-4H3,(H,38,44). The van der Waals surface area contributed by atoms with Crippen LogP contribution in [0, 0.1) is 6.92 Å². The van der Waals surface area contributed by atoms with Crippen LogP contribution in [0.25, 0.3) is 22.4 Å². The van der Waals surface area contributed by atoms with Gasteiger partial charge in [0.2, 0.25) is 11.8 Å². The zero-order valence-electron chi connectivity index (χ0n) is 26.9. The average molecular weight is 657 g/mol. The van der Waals surface area contributed by atoms with Crippen molar-refractivity contribution < 1.29 is 14.3 Å². The van der Waals surface area contributed by atoms with E-state index < -0.39 is 17.2 Å². The lowest BCUT2D eigenvalue weighted by Gasteiger charge is -2.20. The fourth-order valence-electron chi connectivity index (χ4n) is 6.55. The maximum absolute atomic E-state index is 13.2. The Hall–Kier alpha value is -4.74. The zero-order valence-corrected chi connectivity index (χ0v) is 27.6. The van der Waals surface area contributed by atoms with Crippen LogP contribution in [0.4, 0.5) is 5.69 Å². The van der Waals surface area contributed by atoms with Crippen LogP contribution in [0.5, 0.6) is 5.88 Å².